The Morgan fingerprint density at radius 2 is 1.49 bits per heavy atom. The molecule has 3 rings (SSSR count). The van der Waals surface area contributed by atoms with Gasteiger partial charge in [-0.2, -0.15) is 0 Å². The number of rotatable bonds is 16. The van der Waals surface area contributed by atoms with E-state index in [1.807, 2.05) is 6.92 Å². The average Bonchev–Trinajstić information content (AvgIpc) is 3.19. The van der Waals surface area contributed by atoms with E-state index in [9.17, 15) is 4.79 Å². The third-order valence-electron chi connectivity index (χ3n) is 7.44. The van der Waals surface area contributed by atoms with Gasteiger partial charge in [0, 0.05) is 20.8 Å². The number of hydrogen-bond donors (Lipinski definition) is 0. The summed E-state index contributed by atoms with van der Waals surface area (Å²) >= 11 is 0. The van der Waals surface area contributed by atoms with Crippen molar-refractivity contribution in [3.8, 4) is 0 Å². The number of cyclic esters (lactones) is 1. The summed E-state index contributed by atoms with van der Waals surface area (Å²) in [4.78, 5) is 12.6. The van der Waals surface area contributed by atoms with Crippen LogP contribution in [0.1, 0.15) is 53.4 Å². The van der Waals surface area contributed by atoms with Crippen molar-refractivity contribution in [2.24, 2.45) is 5.92 Å². The maximum absolute atomic E-state index is 12.6. The molecule has 0 unspecified atom stereocenters. The fourth-order valence-corrected chi connectivity index (χ4v) is 10.2. The molecule has 0 radical (unpaired) electrons. The highest BCUT2D eigenvalue weighted by molar-refractivity contribution is 6.99. The smallest absolute Gasteiger partial charge is 0.312 e. The molecular formula is C31H46O7Si. The topological polar surface area (TPSA) is 72.5 Å². The van der Waals surface area contributed by atoms with Crippen molar-refractivity contribution < 1.29 is 32.9 Å². The van der Waals surface area contributed by atoms with Crippen molar-refractivity contribution in [3.63, 3.8) is 0 Å². The van der Waals surface area contributed by atoms with E-state index in [-0.39, 0.29) is 42.9 Å². The molecule has 0 saturated carbocycles. The Morgan fingerprint density at radius 3 is 2.03 bits per heavy atom. The first-order valence-electron chi connectivity index (χ1n) is 13.9. The molecule has 8 heteroatoms. The highest BCUT2D eigenvalue weighted by Gasteiger charge is 2.50. The van der Waals surface area contributed by atoms with Crippen LogP contribution in [-0.4, -0.2) is 67.0 Å². The quantitative estimate of drug-likeness (QED) is 0.128. The molecule has 2 aromatic carbocycles. The number of carbonyl (C=O) groups excluding carboxylic acids is 1. The zero-order valence-electron chi connectivity index (χ0n) is 24.4. The zero-order chi connectivity index (χ0) is 28.3. The molecule has 0 spiro atoms. The summed E-state index contributed by atoms with van der Waals surface area (Å²) in [5.41, 5.74) is 0. The largest absolute Gasteiger partial charge is 0.460 e. The number of hydrogen-bond acceptors (Lipinski definition) is 7. The first-order valence-corrected chi connectivity index (χ1v) is 15.8. The van der Waals surface area contributed by atoms with Gasteiger partial charge in [0.15, 0.2) is 0 Å². The van der Waals surface area contributed by atoms with Crippen LogP contribution in [0.25, 0.3) is 0 Å². The lowest BCUT2D eigenvalue weighted by molar-refractivity contribution is -0.145. The SMILES string of the molecule is COCO[C@H](CCCCO[Si](c1ccccc1)(c1ccccc1)C(C)(C)C)C[C@@H]1C(=O)O[C@@H](C)[C@@H]1OCOC. The summed E-state index contributed by atoms with van der Waals surface area (Å²) in [6, 6.07) is 21.4. The summed E-state index contributed by atoms with van der Waals surface area (Å²) in [6.07, 6.45) is 2.23. The summed E-state index contributed by atoms with van der Waals surface area (Å²) < 4.78 is 34.5. The average molecular weight is 559 g/mol. The lowest BCUT2D eigenvalue weighted by atomic mass is 9.93. The molecule has 216 valence electrons. The second-order valence-electron chi connectivity index (χ2n) is 11.2. The molecule has 1 saturated heterocycles. The molecule has 1 aliphatic rings. The second kappa shape index (κ2) is 15.1. The van der Waals surface area contributed by atoms with Gasteiger partial charge in [-0.15, -0.1) is 0 Å². The number of ether oxygens (including phenoxy) is 5. The van der Waals surface area contributed by atoms with Crippen molar-refractivity contribution in [1.82, 2.24) is 0 Å². The monoisotopic (exact) mass is 558 g/mol. The summed E-state index contributed by atoms with van der Waals surface area (Å²) in [5.74, 6) is -0.644. The van der Waals surface area contributed by atoms with E-state index in [2.05, 4.69) is 81.4 Å². The van der Waals surface area contributed by atoms with E-state index < -0.39 is 14.2 Å². The van der Waals surface area contributed by atoms with Gasteiger partial charge in [-0.25, -0.2) is 0 Å². The molecule has 0 bridgehead atoms. The first kappa shape index (κ1) is 31.5. The fraction of sp³-hybridized carbons (Fsp3) is 0.581. The van der Waals surface area contributed by atoms with Crippen LogP contribution in [0.2, 0.25) is 5.04 Å². The van der Waals surface area contributed by atoms with Crippen LogP contribution >= 0.6 is 0 Å². The molecule has 4 atom stereocenters. The van der Waals surface area contributed by atoms with Crippen molar-refractivity contribution in [2.75, 3.05) is 34.4 Å². The standard InChI is InChI=1S/C31H46O7Si/c1-24-29(36-23-34-6)28(30(32)38-24)21-25(35-22-33-5)15-13-14-20-37-39(31(2,3)4,26-16-9-7-10-17-26)27-18-11-8-12-19-27/h7-12,16-19,24-25,28-29H,13-15,20-23H2,1-6H3/t24-,25+,28-,29-/m0/s1. The highest BCUT2D eigenvalue weighted by atomic mass is 28.4. The Morgan fingerprint density at radius 1 is 0.897 bits per heavy atom. The molecule has 7 nitrogen and oxygen atoms in total. The van der Waals surface area contributed by atoms with Crippen LogP contribution in [-0.2, 0) is 32.9 Å². The van der Waals surface area contributed by atoms with E-state index in [1.165, 1.54) is 10.4 Å². The van der Waals surface area contributed by atoms with Gasteiger partial charge in [0.05, 0.1) is 12.0 Å². The van der Waals surface area contributed by atoms with Gasteiger partial charge in [-0.3, -0.25) is 4.79 Å². The van der Waals surface area contributed by atoms with E-state index in [0.29, 0.717) is 13.0 Å². The van der Waals surface area contributed by atoms with Crippen LogP contribution < -0.4 is 10.4 Å². The summed E-state index contributed by atoms with van der Waals surface area (Å²) in [6.45, 7) is 9.65. The third kappa shape index (κ3) is 7.99. The molecule has 1 fully saturated rings. The van der Waals surface area contributed by atoms with Crippen LogP contribution in [0.3, 0.4) is 0 Å². The maximum atomic E-state index is 12.6. The van der Waals surface area contributed by atoms with Crippen LogP contribution in [0, 0.1) is 5.92 Å². The van der Waals surface area contributed by atoms with Crippen molar-refractivity contribution in [2.45, 2.75) is 76.7 Å². The first-order chi connectivity index (χ1) is 18.7. The molecule has 0 aliphatic carbocycles. The Hall–Kier alpha value is -2.07. The molecule has 2 aromatic rings. The summed E-state index contributed by atoms with van der Waals surface area (Å²) in [5, 5.41) is 2.50. The number of esters is 1. The predicted octanol–water partition coefficient (Wildman–Crippen LogP) is 4.66. The van der Waals surface area contributed by atoms with Crippen LogP contribution in [0.5, 0.6) is 0 Å². The molecule has 1 aliphatic heterocycles. The van der Waals surface area contributed by atoms with Crippen LogP contribution in [0.15, 0.2) is 60.7 Å². The molecule has 39 heavy (non-hydrogen) atoms. The van der Waals surface area contributed by atoms with Crippen molar-refractivity contribution in [1.29, 1.82) is 0 Å². The number of benzene rings is 2. The lowest BCUT2D eigenvalue weighted by Gasteiger charge is -2.43. The molecule has 0 N–H and O–H groups in total. The maximum Gasteiger partial charge on any atom is 0.312 e. The normalized spacial score (nSPS) is 20.7. The van der Waals surface area contributed by atoms with Crippen LogP contribution in [0.4, 0.5) is 0 Å². The van der Waals surface area contributed by atoms with E-state index in [1.54, 1.807) is 14.2 Å². The predicted molar refractivity (Wildman–Crippen MR) is 155 cm³/mol. The van der Waals surface area contributed by atoms with Crippen molar-refractivity contribution in [3.05, 3.63) is 60.7 Å². The number of unbranched alkanes of at least 4 members (excludes halogenated alkanes) is 1. The Balaban J connectivity index is 1.67. The lowest BCUT2D eigenvalue weighted by Crippen LogP contribution is -2.66. The van der Waals surface area contributed by atoms with Crippen molar-refractivity contribution >= 4 is 24.7 Å². The molecular weight excluding hydrogens is 512 g/mol. The molecule has 0 aromatic heterocycles. The minimum atomic E-state index is -2.56. The van der Waals surface area contributed by atoms with Gasteiger partial charge >= 0.3 is 5.97 Å². The second-order valence-corrected chi connectivity index (χ2v) is 15.5. The zero-order valence-corrected chi connectivity index (χ0v) is 25.4. The van der Waals surface area contributed by atoms with E-state index in [0.717, 1.165) is 19.3 Å². The van der Waals surface area contributed by atoms with E-state index >= 15 is 0 Å². The van der Waals surface area contributed by atoms with Gasteiger partial charge < -0.3 is 28.1 Å². The Labute approximate surface area is 235 Å². The molecule has 1 heterocycles. The van der Waals surface area contributed by atoms with Gasteiger partial charge in [0.25, 0.3) is 8.32 Å². The summed E-state index contributed by atoms with van der Waals surface area (Å²) in [7, 11) is 0.612. The highest BCUT2D eigenvalue weighted by Crippen LogP contribution is 2.37. The van der Waals surface area contributed by atoms with Gasteiger partial charge in [-0.1, -0.05) is 81.4 Å². The van der Waals surface area contributed by atoms with Gasteiger partial charge in [0.2, 0.25) is 0 Å². The minimum Gasteiger partial charge on any atom is -0.460 e. The Bertz CT molecular complexity index is 940. The Kier molecular flexibility index (Phi) is 12.2. The number of methoxy groups -OCH3 is 2. The molecule has 0 amide bonds. The fourth-order valence-electron chi connectivity index (χ4n) is 5.61. The van der Waals surface area contributed by atoms with E-state index in [4.69, 9.17) is 28.1 Å². The van der Waals surface area contributed by atoms with Gasteiger partial charge in [-0.05, 0) is 48.0 Å². The third-order valence-corrected chi connectivity index (χ3v) is 12.5. The van der Waals surface area contributed by atoms with Gasteiger partial charge in [0.1, 0.15) is 25.8 Å². The minimum absolute atomic E-state index is 0.0590. The number of carbonyl (C=O) groups is 1.